The fourth-order valence-electron chi connectivity index (χ4n) is 4.47. The second kappa shape index (κ2) is 6.88. The molecule has 4 heterocycles. The molecule has 3 atom stereocenters. The van der Waals surface area contributed by atoms with Crippen molar-refractivity contribution in [2.45, 2.75) is 24.6 Å². The number of fused-ring (bicyclic) bond motifs is 4. The molecule has 4 rings (SSSR count). The highest BCUT2D eigenvalue weighted by Gasteiger charge is 2.42. The fraction of sp³-hybridized carbons (Fsp3) is 0.526. The molecule has 9 heteroatoms. The quantitative estimate of drug-likeness (QED) is 0.802. The topological polar surface area (TPSA) is 54.3 Å². The molecule has 2 bridgehead atoms. The first-order valence-corrected chi connectivity index (χ1v) is 9.25. The number of likely N-dealkylation sites (N-methyl/N-ethyl adjacent to an activating group) is 1. The molecule has 0 radical (unpaired) electrons. The lowest BCUT2D eigenvalue weighted by Crippen LogP contribution is -2.52. The molecule has 150 valence electrons. The van der Waals surface area contributed by atoms with E-state index in [1.54, 1.807) is 12.1 Å². The van der Waals surface area contributed by atoms with E-state index >= 15 is 0 Å². The lowest BCUT2D eigenvalue weighted by Gasteiger charge is -2.47. The number of pyridine rings is 1. The maximum absolute atomic E-state index is 13.1. The van der Waals surface area contributed by atoms with E-state index in [0.717, 1.165) is 24.4 Å². The molecule has 2 aliphatic heterocycles. The maximum Gasteiger partial charge on any atom is 0.433 e. The van der Waals surface area contributed by atoms with E-state index in [9.17, 15) is 18.0 Å². The van der Waals surface area contributed by atoms with E-state index < -0.39 is 11.9 Å². The first kappa shape index (κ1) is 18.9. The molecule has 6 nitrogen and oxygen atoms in total. The van der Waals surface area contributed by atoms with E-state index in [1.807, 2.05) is 34.5 Å². The highest BCUT2D eigenvalue weighted by atomic mass is 19.4. The summed E-state index contributed by atoms with van der Waals surface area (Å²) >= 11 is 0. The number of rotatable bonds is 3. The Kier molecular flexibility index (Phi) is 4.65. The van der Waals surface area contributed by atoms with Gasteiger partial charge in [0.2, 0.25) is 5.95 Å². The van der Waals surface area contributed by atoms with Gasteiger partial charge in [-0.3, -0.25) is 4.79 Å². The summed E-state index contributed by atoms with van der Waals surface area (Å²) in [5.41, 5.74) is -0.0233. The van der Waals surface area contributed by atoms with Gasteiger partial charge in [0.1, 0.15) is 5.69 Å². The number of hydrogen-bond acceptors (Lipinski definition) is 5. The number of anilines is 1. The highest BCUT2D eigenvalue weighted by Crippen LogP contribution is 2.42. The van der Waals surface area contributed by atoms with E-state index in [1.165, 1.54) is 0 Å². The zero-order valence-corrected chi connectivity index (χ0v) is 15.7. The smallest absolute Gasteiger partial charge is 0.340 e. The summed E-state index contributed by atoms with van der Waals surface area (Å²) in [4.78, 5) is 24.3. The molecule has 0 aliphatic carbocycles. The average molecular weight is 393 g/mol. The van der Waals surface area contributed by atoms with Crippen LogP contribution in [0.15, 0.2) is 35.3 Å². The highest BCUT2D eigenvalue weighted by molar-refractivity contribution is 5.35. The van der Waals surface area contributed by atoms with Crippen LogP contribution in [0.4, 0.5) is 19.1 Å². The van der Waals surface area contributed by atoms with Gasteiger partial charge in [-0.25, -0.2) is 9.97 Å². The monoisotopic (exact) mass is 393 g/mol. The summed E-state index contributed by atoms with van der Waals surface area (Å²) < 4.78 is 41.1. The van der Waals surface area contributed by atoms with Gasteiger partial charge in [0, 0.05) is 43.5 Å². The third-order valence-corrected chi connectivity index (χ3v) is 5.57. The largest absolute Gasteiger partial charge is 0.433 e. The van der Waals surface area contributed by atoms with Crippen molar-refractivity contribution in [2.24, 2.45) is 5.92 Å². The third-order valence-electron chi connectivity index (χ3n) is 5.57. The first-order chi connectivity index (χ1) is 13.2. The van der Waals surface area contributed by atoms with Gasteiger partial charge < -0.3 is 14.4 Å². The molecule has 28 heavy (non-hydrogen) atoms. The van der Waals surface area contributed by atoms with Gasteiger partial charge in [-0.15, -0.1) is 0 Å². The Morgan fingerprint density at radius 1 is 1.21 bits per heavy atom. The fourth-order valence-corrected chi connectivity index (χ4v) is 4.47. The van der Waals surface area contributed by atoms with E-state index in [-0.39, 0.29) is 29.4 Å². The van der Waals surface area contributed by atoms with Gasteiger partial charge in [0.15, 0.2) is 0 Å². The summed E-state index contributed by atoms with van der Waals surface area (Å²) in [5, 5.41) is 0. The summed E-state index contributed by atoms with van der Waals surface area (Å²) in [6.45, 7) is 1.71. The van der Waals surface area contributed by atoms with Crippen LogP contribution in [0.3, 0.4) is 0 Å². The van der Waals surface area contributed by atoms with Crippen LogP contribution in [0.1, 0.15) is 29.8 Å². The molecule has 1 saturated heterocycles. The zero-order valence-electron chi connectivity index (χ0n) is 15.7. The van der Waals surface area contributed by atoms with Crippen LogP contribution in [-0.2, 0) is 6.18 Å². The minimum absolute atomic E-state index is 0.0252. The molecular weight excluding hydrogens is 371 g/mol. The van der Waals surface area contributed by atoms with Crippen molar-refractivity contribution in [1.82, 2.24) is 19.4 Å². The molecule has 0 saturated carbocycles. The van der Waals surface area contributed by atoms with E-state index in [4.69, 9.17) is 0 Å². The first-order valence-electron chi connectivity index (χ1n) is 9.25. The third kappa shape index (κ3) is 3.39. The Balaban J connectivity index is 1.72. The van der Waals surface area contributed by atoms with E-state index in [2.05, 4.69) is 9.97 Å². The molecule has 0 unspecified atom stereocenters. The van der Waals surface area contributed by atoms with Gasteiger partial charge in [-0.1, -0.05) is 6.07 Å². The van der Waals surface area contributed by atoms with Gasteiger partial charge >= 0.3 is 6.18 Å². The summed E-state index contributed by atoms with van der Waals surface area (Å²) in [6.07, 6.45) is -2.45. The molecule has 0 aromatic carbocycles. The number of nitrogens with zero attached hydrogens (tertiary/aromatic N) is 5. The number of hydrogen-bond donors (Lipinski definition) is 0. The zero-order chi connectivity index (χ0) is 20.1. The van der Waals surface area contributed by atoms with Gasteiger partial charge in [-0.05, 0) is 38.6 Å². The average Bonchev–Trinajstić information content (AvgIpc) is 2.64. The van der Waals surface area contributed by atoms with Crippen molar-refractivity contribution in [3.63, 3.8) is 0 Å². The Labute approximate surface area is 160 Å². The Morgan fingerprint density at radius 2 is 2.00 bits per heavy atom. The predicted octanol–water partition coefficient (Wildman–Crippen LogP) is 2.38. The SMILES string of the molecule is CN(C)C[C@H]1[C@H]2C[C@H](CN(c3nccc(C(F)(F)F)n3)C2)c2cccc(=O)n21. The van der Waals surface area contributed by atoms with Crippen LogP contribution in [0.2, 0.25) is 0 Å². The van der Waals surface area contributed by atoms with Crippen molar-refractivity contribution in [1.29, 1.82) is 0 Å². The van der Waals surface area contributed by atoms with Gasteiger partial charge in [-0.2, -0.15) is 13.2 Å². The molecule has 2 aromatic heterocycles. The van der Waals surface area contributed by atoms with E-state index in [0.29, 0.717) is 19.6 Å². The van der Waals surface area contributed by atoms with Crippen LogP contribution >= 0.6 is 0 Å². The number of piperidine rings is 1. The molecular formula is C19H22F3N5O. The standard InChI is InChI=1S/C19H22F3N5O/c1-25(2)11-15-13-8-12(14-4-3-5-17(28)27(14)15)9-26(10-13)18-23-7-6-16(24-18)19(20,21)22/h3-7,12-13,15H,8-11H2,1-2H3/t12-,13+,15+/m1/s1. The Hall–Kier alpha value is -2.42. The minimum Gasteiger partial charge on any atom is -0.340 e. The second-order valence-electron chi connectivity index (χ2n) is 7.83. The molecule has 0 spiro atoms. The number of halogens is 3. The van der Waals surface area contributed by atoms with Crippen LogP contribution in [0, 0.1) is 5.92 Å². The number of aromatic nitrogens is 3. The van der Waals surface area contributed by atoms with Crippen molar-refractivity contribution in [3.8, 4) is 0 Å². The maximum atomic E-state index is 13.1. The normalized spacial score (nSPS) is 24.4. The van der Waals surface area contributed by atoms with Crippen LogP contribution in [-0.4, -0.2) is 53.2 Å². The molecule has 0 N–H and O–H groups in total. The lowest BCUT2D eigenvalue weighted by atomic mass is 9.78. The van der Waals surface area contributed by atoms with Gasteiger partial charge in [0.05, 0.1) is 6.04 Å². The summed E-state index contributed by atoms with van der Waals surface area (Å²) in [6, 6.07) is 6.12. The second-order valence-corrected chi connectivity index (χ2v) is 7.83. The van der Waals surface area contributed by atoms with Gasteiger partial charge in [0.25, 0.3) is 5.56 Å². The summed E-state index contributed by atoms with van der Waals surface area (Å²) in [5.74, 6) is 0.288. The van der Waals surface area contributed by atoms with Crippen LogP contribution < -0.4 is 10.5 Å². The molecule has 1 fully saturated rings. The van der Waals surface area contributed by atoms with Crippen molar-refractivity contribution in [3.05, 3.63) is 52.2 Å². The Bertz CT molecular complexity index is 926. The predicted molar refractivity (Wildman–Crippen MR) is 98.4 cm³/mol. The number of alkyl halides is 3. The van der Waals surface area contributed by atoms with Crippen molar-refractivity contribution in [2.75, 3.05) is 38.6 Å². The molecule has 2 aromatic rings. The summed E-state index contributed by atoms with van der Waals surface area (Å²) in [7, 11) is 3.91. The molecule has 0 amide bonds. The van der Waals surface area contributed by atoms with Crippen molar-refractivity contribution >= 4 is 5.95 Å². The lowest BCUT2D eigenvalue weighted by molar-refractivity contribution is -0.141. The minimum atomic E-state index is -4.50. The van der Waals surface area contributed by atoms with Crippen molar-refractivity contribution < 1.29 is 13.2 Å². The Morgan fingerprint density at radius 3 is 2.71 bits per heavy atom. The van der Waals surface area contributed by atoms with Crippen LogP contribution in [0.5, 0.6) is 0 Å². The molecule has 2 aliphatic rings. The van der Waals surface area contributed by atoms with Crippen LogP contribution in [0.25, 0.3) is 0 Å².